The van der Waals surface area contributed by atoms with E-state index in [2.05, 4.69) is 10.6 Å². The van der Waals surface area contributed by atoms with Gasteiger partial charge >= 0.3 is 0 Å². The van der Waals surface area contributed by atoms with E-state index in [9.17, 15) is 9.59 Å². The van der Waals surface area contributed by atoms with Crippen LogP contribution in [0.2, 0.25) is 5.02 Å². The number of halogens is 1. The lowest BCUT2D eigenvalue weighted by Gasteiger charge is -2.13. The molecule has 1 unspecified atom stereocenters. The molecule has 2 aromatic rings. The molecular weight excluding hydrogens is 312 g/mol. The molecule has 2 rings (SSSR count). The molecule has 0 spiro atoms. The summed E-state index contributed by atoms with van der Waals surface area (Å²) >= 11 is 5.84. The van der Waals surface area contributed by atoms with Crippen LogP contribution in [0.4, 0.5) is 0 Å². The number of carbonyl (C=O) groups excluding carboxylic acids is 2. The van der Waals surface area contributed by atoms with E-state index in [1.54, 1.807) is 24.3 Å². The van der Waals surface area contributed by atoms with Gasteiger partial charge in [0.1, 0.15) is 0 Å². The second-order valence-corrected chi connectivity index (χ2v) is 5.75. The van der Waals surface area contributed by atoms with Gasteiger partial charge in [0, 0.05) is 17.1 Å². The molecular formula is C18H19ClN2O2. The first-order valence-electron chi connectivity index (χ1n) is 7.41. The zero-order valence-corrected chi connectivity index (χ0v) is 13.6. The van der Waals surface area contributed by atoms with Gasteiger partial charge in [0.2, 0.25) is 5.91 Å². The number of hydrogen-bond acceptors (Lipinski definition) is 2. The quantitative estimate of drug-likeness (QED) is 0.855. The number of carbonyl (C=O) groups is 2. The minimum atomic E-state index is -0.321. The summed E-state index contributed by atoms with van der Waals surface area (Å²) in [6.45, 7) is 2.50. The van der Waals surface area contributed by atoms with Gasteiger partial charge < -0.3 is 10.6 Å². The lowest BCUT2D eigenvalue weighted by atomic mass is 10.0. The fourth-order valence-electron chi connectivity index (χ4n) is 2.12. The van der Waals surface area contributed by atoms with Gasteiger partial charge in [-0.05, 0) is 29.7 Å². The lowest BCUT2D eigenvalue weighted by Crippen LogP contribution is -2.38. The molecule has 0 saturated heterocycles. The van der Waals surface area contributed by atoms with Gasteiger partial charge in [-0.2, -0.15) is 0 Å². The summed E-state index contributed by atoms with van der Waals surface area (Å²) in [6, 6.07) is 16.5. The van der Waals surface area contributed by atoms with Crippen LogP contribution >= 0.6 is 11.6 Å². The van der Waals surface area contributed by atoms with Crippen molar-refractivity contribution in [1.29, 1.82) is 0 Å². The van der Waals surface area contributed by atoms with Gasteiger partial charge in [-0.3, -0.25) is 9.59 Å². The minimum absolute atomic E-state index is 0.0626. The maximum atomic E-state index is 11.9. The largest absolute Gasteiger partial charge is 0.354 e. The summed E-state index contributed by atoms with van der Waals surface area (Å²) in [4.78, 5) is 23.7. The van der Waals surface area contributed by atoms with Crippen molar-refractivity contribution in [1.82, 2.24) is 10.6 Å². The Labute approximate surface area is 140 Å². The van der Waals surface area contributed by atoms with Crippen molar-refractivity contribution in [2.75, 3.05) is 13.1 Å². The van der Waals surface area contributed by atoms with Crippen LogP contribution in [0.5, 0.6) is 0 Å². The van der Waals surface area contributed by atoms with Crippen LogP contribution in [-0.4, -0.2) is 24.9 Å². The minimum Gasteiger partial charge on any atom is -0.354 e. The van der Waals surface area contributed by atoms with Crippen molar-refractivity contribution in [2.45, 2.75) is 12.8 Å². The van der Waals surface area contributed by atoms with E-state index < -0.39 is 0 Å². The number of amides is 2. The number of hydrogen-bond donors (Lipinski definition) is 2. The average molecular weight is 331 g/mol. The van der Waals surface area contributed by atoms with Gasteiger partial charge in [0.25, 0.3) is 5.91 Å². The van der Waals surface area contributed by atoms with Gasteiger partial charge in [-0.1, -0.05) is 54.9 Å². The van der Waals surface area contributed by atoms with Gasteiger partial charge in [0.15, 0.2) is 0 Å². The third-order valence-electron chi connectivity index (χ3n) is 3.47. The second kappa shape index (κ2) is 8.34. The van der Waals surface area contributed by atoms with E-state index in [0.29, 0.717) is 17.1 Å². The van der Waals surface area contributed by atoms with E-state index >= 15 is 0 Å². The summed E-state index contributed by atoms with van der Waals surface area (Å²) in [5.74, 6) is -0.328. The molecule has 0 heterocycles. The maximum Gasteiger partial charge on any atom is 0.251 e. The van der Waals surface area contributed by atoms with E-state index in [4.69, 9.17) is 11.6 Å². The predicted molar refractivity (Wildman–Crippen MR) is 91.7 cm³/mol. The lowest BCUT2D eigenvalue weighted by molar-refractivity contribution is -0.120. The van der Waals surface area contributed by atoms with Crippen molar-refractivity contribution in [3.63, 3.8) is 0 Å². The number of nitrogens with one attached hydrogen (secondary N) is 2. The second-order valence-electron chi connectivity index (χ2n) is 5.31. The van der Waals surface area contributed by atoms with Gasteiger partial charge in [0.05, 0.1) is 6.54 Å². The Bertz CT molecular complexity index is 674. The summed E-state index contributed by atoms with van der Waals surface area (Å²) in [5, 5.41) is 5.88. The van der Waals surface area contributed by atoms with Crippen molar-refractivity contribution in [2.24, 2.45) is 0 Å². The maximum absolute atomic E-state index is 11.9. The fraction of sp³-hybridized carbons (Fsp3) is 0.222. The smallest absolute Gasteiger partial charge is 0.251 e. The molecule has 0 bridgehead atoms. The van der Waals surface area contributed by atoms with Crippen LogP contribution in [0.15, 0.2) is 54.6 Å². The van der Waals surface area contributed by atoms with Gasteiger partial charge in [-0.15, -0.1) is 0 Å². The first kappa shape index (κ1) is 17.0. The third-order valence-corrected chi connectivity index (χ3v) is 3.71. The molecule has 4 nitrogen and oxygen atoms in total. The Morgan fingerprint density at radius 3 is 2.48 bits per heavy atom. The predicted octanol–water partition coefficient (Wildman–Crippen LogP) is 2.99. The molecule has 5 heteroatoms. The van der Waals surface area contributed by atoms with Gasteiger partial charge in [-0.25, -0.2) is 0 Å². The molecule has 2 amide bonds. The summed E-state index contributed by atoms with van der Waals surface area (Å²) in [6.07, 6.45) is 0. The van der Waals surface area contributed by atoms with Crippen molar-refractivity contribution < 1.29 is 9.59 Å². The molecule has 2 N–H and O–H groups in total. The molecule has 0 aliphatic heterocycles. The molecule has 0 aliphatic carbocycles. The first-order valence-corrected chi connectivity index (χ1v) is 7.79. The van der Waals surface area contributed by atoms with Crippen molar-refractivity contribution in [3.05, 3.63) is 70.7 Å². The molecule has 120 valence electrons. The normalized spacial score (nSPS) is 11.6. The zero-order valence-electron chi connectivity index (χ0n) is 12.9. The Hall–Kier alpha value is -2.33. The van der Waals surface area contributed by atoms with Crippen LogP contribution < -0.4 is 10.6 Å². The average Bonchev–Trinajstić information content (AvgIpc) is 2.58. The van der Waals surface area contributed by atoms with Crippen LogP contribution in [-0.2, 0) is 4.79 Å². The molecule has 0 fully saturated rings. The molecule has 0 aliphatic rings. The Morgan fingerprint density at radius 2 is 1.78 bits per heavy atom. The Kier molecular flexibility index (Phi) is 6.18. The molecule has 2 aromatic carbocycles. The standard InChI is InChI=1S/C18H19ClN2O2/c1-13(14-6-3-2-4-7-14)11-20-17(22)12-21-18(23)15-8-5-9-16(19)10-15/h2-10,13H,11-12H2,1H3,(H,20,22)(H,21,23). The van der Waals surface area contributed by atoms with E-state index in [1.807, 2.05) is 37.3 Å². The Morgan fingerprint density at radius 1 is 1.04 bits per heavy atom. The van der Waals surface area contributed by atoms with Crippen LogP contribution in [0.25, 0.3) is 0 Å². The fourth-order valence-corrected chi connectivity index (χ4v) is 2.31. The Balaban J connectivity index is 1.76. The van der Waals surface area contributed by atoms with Crippen LogP contribution in [0, 0.1) is 0 Å². The highest BCUT2D eigenvalue weighted by molar-refractivity contribution is 6.30. The highest BCUT2D eigenvalue weighted by Gasteiger charge is 2.10. The molecule has 0 aromatic heterocycles. The van der Waals surface area contributed by atoms with Crippen molar-refractivity contribution >= 4 is 23.4 Å². The summed E-state index contributed by atoms with van der Waals surface area (Å²) < 4.78 is 0. The summed E-state index contributed by atoms with van der Waals surface area (Å²) in [7, 11) is 0. The van der Waals surface area contributed by atoms with E-state index in [1.165, 1.54) is 0 Å². The molecule has 23 heavy (non-hydrogen) atoms. The SMILES string of the molecule is CC(CNC(=O)CNC(=O)c1cccc(Cl)c1)c1ccccc1. The first-order chi connectivity index (χ1) is 11.1. The highest BCUT2D eigenvalue weighted by atomic mass is 35.5. The van der Waals surface area contributed by atoms with Crippen LogP contribution in [0.1, 0.15) is 28.8 Å². The molecule has 0 saturated carbocycles. The molecule has 1 atom stereocenters. The third kappa shape index (κ3) is 5.42. The van der Waals surface area contributed by atoms with E-state index in [0.717, 1.165) is 5.56 Å². The van der Waals surface area contributed by atoms with Crippen LogP contribution in [0.3, 0.4) is 0 Å². The summed E-state index contributed by atoms with van der Waals surface area (Å²) in [5.41, 5.74) is 1.60. The number of benzene rings is 2. The zero-order chi connectivity index (χ0) is 16.7. The molecule has 0 radical (unpaired) electrons. The van der Waals surface area contributed by atoms with Crippen molar-refractivity contribution in [3.8, 4) is 0 Å². The number of rotatable bonds is 6. The monoisotopic (exact) mass is 330 g/mol. The highest BCUT2D eigenvalue weighted by Crippen LogP contribution is 2.13. The topological polar surface area (TPSA) is 58.2 Å². The van der Waals surface area contributed by atoms with E-state index in [-0.39, 0.29) is 24.3 Å².